The molecule has 0 saturated carbocycles. The SMILES string of the molecule is O=S(=O)(c1c(Cl)cc(Br)cc1Cl)N1CCC[C@@H](C(F)(F)F)C1. The van der Waals surface area contributed by atoms with Crippen molar-refractivity contribution >= 4 is 49.2 Å². The first-order chi connectivity index (χ1) is 10.0. The summed E-state index contributed by atoms with van der Waals surface area (Å²) in [6.45, 7) is -0.605. The molecule has 1 saturated heterocycles. The molecule has 0 radical (unpaired) electrons. The number of rotatable bonds is 2. The van der Waals surface area contributed by atoms with Crippen LogP contribution in [-0.4, -0.2) is 32.0 Å². The predicted molar refractivity (Wildman–Crippen MR) is 81.7 cm³/mol. The average molecular weight is 441 g/mol. The molecule has 22 heavy (non-hydrogen) atoms. The Labute approximate surface area is 144 Å². The van der Waals surface area contributed by atoms with Gasteiger partial charge in [0.15, 0.2) is 0 Å². The Morgan fingerprint density at radius 3 is 2.27 bits per heavy atom. The van der Waals surface area contributed by atoms with Crippen molar-refractivity contribution in [2.45, 2.75) is 23.9 Å². The molecular formula is C12H11BrCl2F3NO2S. The van der Waals surface area contributed by atoms with Crippen LogP contribution in [0.25, 0.3) is 0 Å². The highest BCUT2D eigenvalue weighted by Crippen LogP contribution is 2.38. The van der Waals surface area contributed by atoms with Gasteiger partial charge in [0.1, 0.15) is 4.90 Å². The minimum Gasteiger partial charge on any atom is -0.207 e. The second-order valence-electron chi connectivity index (χ2n) is 4.94. The quantitative estimate of drug-likeness (QED) is 0.667. The molecule has 1 aromatic carbocycles. The second kappa shape index (κ2) is 6.47. The molecule has 0 N–H and O–H groups in total. The van der Waals surface area contributed by atoms with E-state index in [0.29, 0.717) is 4.47 Å². The fourth-order valence-electron chi connectivity index (χ4n) is 2.33. The van der Waals surface area contributed by atoms with Crippen LogP contribution >= 0.6 is 39.1 Å². The summed E-state index contributed by atoms with van der Waals surface area (Å²) in [5.74, 6) is -1.68. The van der Waals surface area contributed by atoms with Crippen molar-refractivity contribution in [3.05, 3.63) is 26.7 Å². The third-order valence-electron chi connectivity index (χ3n) is 3.41. The largest absolute Gasteiger partial charge is 0.393 e. The third-order valence-corrected chi connectivity index (χ3v) is 6.65. The first-order valence-electron chi connectivity index (χ1n) is 6.25. The van der Waals surface area contributed by atoms with Crippen LogP contribution in [0.15, 0.2) is 21.5 Å². The summed E-state index contributed by atoms with van der Waals surface area (Å²) in [7, 11) is -4.18. The Kier molecular flexibility index (Phi) is 5.39. The topological polar surface area (TPSA) is 37.4 Å². The lowest BCUT2D eigenvalue weighted by Gasteiger charge is -2.33. The van der Waals surface area contributed by atoms with Crippen LogP contribution in [0.1, 0.15) is 12.8 Å². The Morgan fingerprint density at radius 1 is 1.23 bits per heavy atom. The van der Waals surface area contributed by atoms with Gasteiger partial charge in [0, 0.05) is 17.6 Å². The van der Waals surface area contributed by atoms with Crippen LogP contribution in [-0.2, 0) is 10.0 Å². The van der Waals surface area contributed by atoms with E-state index in [9.17, 15) is 21.6 Å². The molecule has 0 amide bonds. The van der Waals surface area contributed by atoms with Gasteiger partial charge in [-0.2, -0.15) is 17.5 Å². The van der Waals surface area contributed by atoms with Gasteiger partial charge in [-0.15, -0.1) is 0 Å². The number of sulfonamides is 1. The first-order valence-corrected chi connectivity index (χ1v) is 9.24. The van der Waals surface area contributed by atoms with Crippen molar-refractivity contribution in [2.75, 3.05) is 13.1 Å². The smallest absolute Gasteiger partial charge is 0.207 e. The van der Waals surface area contributed by atoms with Gasteiger partial charge in [-0.25, -0.2) is 8.42 Å². The zero-order valence-corrected chi connectivity index (χ0v) is 14.9. The summed E-state index contributed by atoms with van der Waals surface area (Å²) >= 11 is 15.0. The van der Waals surface area contributed by atoms with Gasteiger partial charge in [-0.1, -0.05) is 39.1 Å². The summed E-state index contributed by atoms with van der Waals surface area (Å²) in [5.41, 5.74) is 0. The summed E-state index contributed by atoms with van der Waals surface area (Å²) < 4.78 is 65.0. The van der Waals surface area contributed by atoms with E-state index in [1.165, 1.54) is 12.1 Å². The molecule has 124 valence electrons. The van der Waals surface area contributed by atoms with Gasteiger partial charge in [-0.05, 0) is 25.0 Å². The maximum atomic E-state index is 12.8. The molecule has 1 aromatic rings. The highest BCUT2D eigenvalue weighted by molar-refractivity contribution is 9.10. The molecule has 1 aliphatic heterocycles. The maximum Gasteiger partial charge on any atom is 0.393 e. The van der Waals surface area contributed by atoms with Crippen molar-refractivity contribution in [1.82, 2.24) is 4.31 Å². The van der Waals surface area contributed by atoms with Crippen LogP contribution in [0.5, 0.6) is 0 Å². The van der Waals surface area contributed by atoms with Gasteiger partial charge >= 0.3 is 6.18 Å². The summed E-state index contributed by atoms with van der Waals surface area (Å²) in [6, 6.07) is 2.68. The Bertz CT molecular complexity index is 658. The van der Waals surface area contributed by atoms with E-state index in [1.54, 1.807) is 0 Å². The molecule has 0 aliphatic carbocycles. The van der Waals surface area contributed by atoms with Gasteiger partial charge < -0.3 is 0 Å². The van der Waals surface area contributed by atoms with E-state index in [0.717, 1.165) is 4.31 Å². The van der Waals surface area contributed by atoms with Crippen LogP contribution in [0, 0.1) is 5.92 Å². The minimum absolute atomic E-state index is 0.0115. The van der Waals surface area contributed by atoms with Gasteiger partial charge in [0.05, 0.1) is 16.0 Å². The zero-order chi connectivity index (χ0) is 16.7. The molecule has 0 unspecified atom stereocenters. The molecule has 3 nitrogen and oxygen atoms in total. The summed E-state index contributed by atoms with van der Waals surface area (Å²) in [4.78, 5) is -0.359. The molecule has 1 heterocycles. The van der Waals surface area contributed by atoms with Crippen molar-refractivity contribution in [3.8, 4) is 0 Å². The Morgan fingerprint density at radius 2 is 1.77 bits per heavy atom. The zero-order valence-electron chi connectivity index (χ0n) is 11.0. The molecular weight excluding hydrogens is 430 g/mol. The van der Waals surface area contributed by atoms with E-state index in [-0.39, 0.29) is 34.3 Å². The van der Waals surface area contributed by atoms with E-state index < -0.39 is 28.7 Å². The first kappa shape index (κ1) is 18.3. The molecule has 0 aromatic heterocycles. The van der Waals surface area contributed by atoms with Crippen molar-refractivity contribution < 1.29 is 21.6 Å². The lowest BCUT2D eigenvalue weighted by molar-refractivity contribution is -0.182. The number of hydrogen-bond acceptors (Lipinski definition) is 2. The lowest BCUT2D eigenvalue weighted by atomic mass is 9.99. The number of halogens is 6. The van der Waals surface area contributed by atoms with E-state index >= 15 is 0 Å². The van der Waals surface area contributed by atoms with Crippen molar-refractivity contribution in [3.63, 3.8) is 0 Å². The van der Waals surface area contributed by atoms with Crippen LogP contribution in [0.4, 0.5) is 13.2 Å². The van der Waals surface area contributed by atoms with Crippen LogP contribution in [0.2, 0.25) is 10.0 Å². The van der Waals surface area contributed by atoms with Crippen molar-refractivity contribution in [2.24, 2.45) is 5.92 Å². The summed E-state index contributed by atoms with van der Waals surface area (Å²) in [6.07, 6.45) is -4.38. The standard InChI is InChI=1S/C12H11BrCl2F3NO2S/c13-8-4-9(14)11(10(15)5-8)22(20,21)19-3-1-2-7(6-19)12(16,17)18/h4-5,7H,1-3,6H2/t7-/m1/s1. The molecule has 0 bridgehead atoms. The summed E-state index contributed by atoms with van der Waals surface area (Å²) in [5, 5.41) is -0.262. The number of piperidine rings is 1. The minimum atomic E-state index is -4.43. The van der Waals surface area contributed by atoms with Gasteiger partial charge in [-0.3, -0.25) is 0 Å². The van der Waals surface area contributed by atoms with E-state index in [2.05, 4.69) is 15.9 Å². The number of hydrogen-bond donors (Lipinski definition) is 0. The number of benzene rings is 1. The van der Waals surface area contributed by atoms with Gasteiger partial charge in [0.25, 0.3) is 0 Å². The van der Waals surface area contributed by atoms with Crippen LogP contribution in [0.3, 0.4) is 0 Å². The second-order valence-corrected chi connectivity index (χ2v) is 8.55. The lowest BCUT2D eigenvalue weighted by Crippen LogP contribution is -2.44. The highest BCUT2D eigenvalue weighted by atomic mass is 79.9. The third kappa shape index (κ3) is 3.72. The molecule has 1 atom stereocenters. The fraction of sp³-hybridized carbons (Fsp3) is 0.500. The van der Waals surface area contributed by atoms with Crippen LogP contribution < -0.4 is 0 Å². The number of alkyl halides is 3. The average Bonchev–Trinajstić information content (AvgIpc) is 2.36. The van der Waals surface area contributed by atoms with E-state index in [1.807, 2.05) is 0 Å². The molecule has 1 fully saturated rings. The molecule has 1 aliphatic rings. The van der Waals surface area contributed by atoms with Gasteiger partial charge in [0.2, 0.25) is 10.0 Å². The number of nitrogens with zero attached hydrogens (tertiary/aromatic N) is 1. The molecule has 2 rings (SSSR count). The highest BCUT2D eigenvalue weighted by Gasteiger charge is 2.44. The normalized spacial score (nSPS) is 21.1. The predicted octanol–water partition coefficient (Wildman–Crippen LogP) is 4.72. The Balaban J connectivity index is 2.39. The molecule has 0 spiro atoms. The monoisotopic (exact) mass is 439 g/mol. The molecule has 10 heteroatoms. The Hall–Kier alpha value is -0.0200. The fourth-order valence-corrected chi connectivity index (χ4v) is 5.74. The maximum absolute atomic E-state index is 12.8. The van der Waals surface area contributed by atoms with Crippen molar-refractivity contribution in [1.29, 1.82) is 0 Å². The van der Waals surface area contributed by atoms with E-state index in [4.69, 9.17) is 23.2 Å².